The van der Waals surface area contributed by atoms with Crippen molar-refractivity contribution in [2.75, 3.05) is 0 Å². The Morgan fingerprint density at radius 2 is 2.38 bits per heavy atom. The van der Waals surface area contributed by atoms with Gasteiger partial charge in [-0.2, -0.15) is 0 Å². The second-order valence-corrected chi connectivity index (χ2v) is 4.73. The molecular formula is C10H13N5S. The van der Waals surface area contributed by atoms with Gasteiger partial charge in [0.25, 0.3) is 5.95 Å². The monoisotopic (exact) mass is 235 g/mol. The molecule has 2 rings (SSSR count). The number of aliphatic imine (C=N–C) groups is 1. The molecule has 0 aromatic carbocycles. The molecule has 0 bridgehead atoms. The molecule has 2 aromatic heterocycles. The van der Waals surface area contributed by atoms with Gasteiger partial charge < -0.3 is 0 Å². The van der Waals surface area contributed by atoms with E-state index in [9.17, 15) is 0 Å². The molecule has 0 amide bonds. The zero-order chi connectivity index (χ0) is 11.4. The van der Waals surface area contributed by atoms with Crippen molar-refractivity contribution in [3.05, 3.63) is 21.9 Å². The highest BCUT2D eigenvalue weighted by molar-refractivity contribution is 7.13. The van der Waals surface area contributed by atoms with Crippen molar-refractivity contribution in [2.24, 2.45) is 4.99 Å². The van der Waals surface area contributed by atoms with Crippen LogP contribution in [0.1, 0.15) is 23.1 Å². The lowest BCUT2D eigenvalue weighted by Crippen LogP contribution is -1.98. The fourth-order valence-corrected chi connectivity index (χ4v) is 2.04. The van der Waals surface area contributed by atoms with Crippen LogP contribution >= 0.6 is 11.3 Å². The lowest BCUT2D eigenvalue weighted by Gasteiger charge is -1.95. The summed E-state index contributed by atoms with van der Waals surface area (Å²) >= 11 is 1.70. The first-order valence-electron chi connectivity index (χ1n) is 5.16. The van der Waals surface area contributed by atoms with E-state index in [1.54, 1.807) is 22.2 Å². The fraction of sp³-hybridized carbons (Fsp3) is 0.400. The van der Waals surface area contributed by atoms with E-state index in [2.05, 4.69) is 40.4 Å². The van der Waals surface area contributed by atoms with Crippen molar-refractivity contribution >= 4 is 23.5 Å². The number of nitrogens with zero attached hydrogens (tertiary/aromatic N) is 5. The zero-order valence-corrected chi connectivity index (χ0v) is 10.1. The number of aryl methyl sites for hydroxylation is 2. The summed E-state index contributed by atoms with van der Waals surface area (Å²) < 4.78 is 1.71. The van der Waals surface area contributed by atoms with E-state index in [1.165, 1.54) is 4.88 Å². The third kappa shape index (κ3) is 2.52. The van der Waals surface area contributed by atoms with Crippen LogP contribution in [-0.4, -0.2) is 26.4 Å². The maximum Gasteiger partial charge on any atom is 0.269 e. The summed E-state index contributed by atoms with van der Waals surface area (Å²) in [6.45, 7) is 4.95. The Kier molecular flexibility index (Phi) is 3.40. The Morgan fingerprint density at radius 1 is 1.50 bits per heavy atom. The topological polar surface area (TPSA) is 56.0 Å². The van der Waals surface area contributed by atoms with Crippen LogP contribution in [0, 0.1) is 6.92 Å². The van der Waals surface area contributed by atoms with Crippen LogP contribution in [0.25, 0.3) is 0 Å². The van der Waals surface area contributed by atoms with Gasteiger partial charge in [0, 0.05) is 22.5 Å². The second-order valence-electron chi connectivity index (χ2n) is 3.41. The van der Waals surface area contributed by atoms with E-state index in [-0.39, 0.29) is 0 Å². The largest absolute Gasteiger partial charge is 0.269 e. The van der Waals surface area contributed by atoms with Crippen molar-refractivity contribution in [2.45, 2.75) is 26.8 Å². The molecule has 0 N–H and O–H groups in total. The summed E-state index contributed by atoms with van der Waals surface area (Å²) in [6.07, 6.45) is 2.79. The molecule has 0 atom stereocenters. The Labute approximate surface area is 97.8 Å². The molecule has 5 nitrogen and oxygen atoms in total. The van der Waals surface area contributed by atoms with Crippen molar-refractivity contribution in [3.63, 3.8) is 0 Å². The average molecular weight is 235 g/mol. The molecule has 0 fully saturated rings. The van der Waals surface area contributed by atoms with Gasteiger partial charge in [0.1, 0.15) is 0 Å². The lowest BCUT2D eigenvalue weighted by molar-refractivity contribution is 0.582. The molecule has 6 heteroatoms. The van der Waals surface area contributed by atoms with Crippen LogP contribution in [-0.2, 0) is 6.54 Å². The fourth-order valence-electron chi connectivity index (χ4n) is 1.29. The third-order valence-electron chi connectivity index (χ3n) is 2.02. The first kappa shape index (κ1) is 10.9. The highest BCUT2D eigenvalue weighted by atomic mass is 32.1. The Balaban J connectivity index is 2.13. The summed E-state index contributed by atoms with van der Waals surface area (Å²) in [7, 11) is 0. The van der Waals surface area contributed by atoms with Crippen molar-refractivity contribution < 1.29 is 0 Å². The Morgan fingerprint density at radius 3 is 3.06 bits per heavy atom. The first-order chi connectivity index (χ1) is 7.79. The van der Waals surface area contributed by atoms with E-state index >= 15 is 0 Å². The summed E-state index contributed by atoms with van der Waals surface area (Å²) in [5.74, 6) is 0.563. The average Bonchev–Trinajstić information content (AvgIpc) is 2.85. The highest BCUT2D eigenvalue weighted by Gasteiger charge is 2.01. The number of hydrogen-bond acceptors (Lipinski definition) is 5. The van der Waals surface area contributed by atoms with Gasteiger partial charge in [-0.15, -0.1) is 11.3 Å². The van der Waals surface area contributed by atoms with Crippen LogP contribution in [0.15, 0.2) is 17.1 Å². The number of hydrogen-bond donors (Lipinski definition) is 0. The molecule has 0 aliphatic heterocycles. The molecule has 16 heavy (non-hydrogen) atoms. The molecule has 2 aromatic rings. The predicted molar refractivity (Wildman–Crippen MR) is 64.4 cm³/mol. The zero-order valence-electron chi connectivity index (χ0n) is 9.29. The van der Waals surface area contributed by atoms with Crippen LogP contribution in [0.5, 0.6) is 0 Å². The van der Waals surface area contributed by atoms with E-state index in [4.69, 9.17) is 0 Å². The van der Waals surface area contributed by atoms with Crippen LogP contribution in [0.2, 0.25) is 0 Å². The van der Waals surface area contributed by atoms with Gasteiger partial charge in [-0.05, 0) is 35.9 Å². The van der Waals surface area contributed by atoms with E-state index in [1.807, 2.05) is 6.07 Å². The first-order valence-corrected chi connectivity index (χ1v) is 5.98. The number of thiophene rings is 1. The van der Waals surface area contributed by atoms with Gasteiger partial charge in [0.15, 0.2) is 0 Å². The smallest absolute Gasteiger partial charge is 0.217 e. The number of tetrazole rings is 1. The highest BCUT2D eigenvalue weighted by Crippen LogP contribution is 2.14. The summed E-state index contributed by atoms with van der Waals surface area (Å²) in [5, 5.41) is 11.3. The van der Waals surface area contributed by atoms with Crippen LogP contribution < -0.4 is 0 Å². The van der Waals surface area contributed by atoms with Crippen LogP contribution in [0.4, 0.5) is 5.95 Å². The SMILES string of the molecule is CCCn1nnnc1N=Cc1ccc(C)s1. The van der Waals surface area contributed by atoms with Gasteiger partial charge in [0.2, 0.25) is 0 Å². The minimum atomic E-state index is 0.563. The summed E-state index contributed by atoms with van der Waals surface area (Å²) in [5.41, 5.74) is 0. The summed E-state index contributed by atoms with van der Waals surface area (Å²) in [4.78, 5) is 6.67. The standard InChI is InChI=1S/C10H13N5S/c1-3-6-15-10(12-13-14-15)11-7-9-5-4-8(2)16-9/h4-5,7H,3,6H2,1-2H3. The molecule has 0 radical (unpaired) electrons. The third-order valence-corrected chi connectivity index (χ3v) is 2.95. The molecule has 0 aliphatic carbocycles. The molecule has 0 aliphatic rings. The molecular weight excluding hydrogens is 222 g/mol. The molecule has 84 valence electrons. The quantitative estimate of drug-likeness (QED) is 0.763. The minimum Gasteiger partial charge on any atom is -0.217 e. The second kappa shape index (κ2) is 4.98. The maximum atomic E-state index is 4.28. The lowest BCUT2D eigenvalue weighted by atomic mass is 10.4. The molecule has 2 heterocycles. The van der Waals surface area contributed by atoms with Crippen LogP contribution in [0.3, 0.4) is 0 Å². The van der Waals surface area contributed by atoms with E-state index in [0.717, 1.165) is 17.8 Å². The molecule has 0 saturated carbocycles. The molecule has 0 spiro atoms. The van der Waals surface area contributed by atoms with Crippen molar-refractivity contribution in [3.8, 4) is 0 Å². The Bertz CT molecular complexity index is 485. The van der Waals surface area contributed by atoms with Gasteiger partial charge in [0.05, 0.1) is 0 Å². The Hall–Kier alpha value is -1.56. The summed E-state index contributed by atoms with van der Waals surface area (Å²) in [6, 6.07) is 4.11. The van der Waals surface area contributed by atoms with Gasteiger partial charge in [-0.3, -0.25) is 0 Å². The van der Waals surface area contributed by atoms with Crippen molar-refractivity contribution in [1.29, 1.82) is 0 Å². The minimum absolute atomic E-state index is 0.563. The van der Waals surface area contributed by atoms with Gasteiger partial charge >= 0.3 is 0 Å². The number of aromatic nitrogens is 4. The van der Waals surface area contributed by atoms with Gasteiger partial charge in [-0.25, -0.2) is 9.67 Å². The predicted octanol–water partition coefficient (Wildman–Crippen LogP) is 2.20. The maximum absolute atomic E-state index is 4.28. The molecule has 0 unspecified atom stereocenters. The van der Waals surface area contributed by atoms with Gasteiger partial charge in [-0.1, -0.05) is 12.0 Å². The van der Waals surface area contributed by atoms with Crippen molar-refractivity contribution in [1.82, 2.24) is 20.2 Å². The van der Waals surface area contributed by atoms with E-state index < -0.39 is 0 Å². The number of rotatable bonds is 4. The van der Waals surface area contributed by atoms with E-state index in [0.29, 0.717) is 5.95 Å². The molecule has 0 saturated heterocycles. The normalized spacial score (nSPS) is 11.4.